The number of hydrogen-bond donors (Lipinski definition) is 1. The minimum absolute atomic E-state index is 0.419. The average molecular weight is 238 g/mol. The smallest absolute Gasteiger partial charge is 0.00922 e. The van der Waals surface area contributed by atoms with E-state index in [0.717, 1.165) is 23.8 Å². The highest BCUT2D eigenvalue weighted by molar-refractivity contribution is 4.90. The Bertz CT molecular complexity index is 237. The van der Waals surface area contributed by atoms with E-state index in [4.69, 9.17) is 5.73 Å². The molecule has 2 aliphatic carbocycles. The molecule has 2 N–H and O–H groups in total. The van der Waals surface area contributed by atoms with E-state index in [0.29, 0.717) is 12.0 Å². The predicted octanol–water partition coefficient (Wildman–Crippen LogP) is 2.73. The molecule has 2 rings (SSSR count). The van der Waals surface area contributed by atoms with Gasteiger partial charge in [0.2, 0.25) is 0 Å². The van der Waals surface area contributed by atoms with Crippen molar-refractivity contribution in [2.75, 3.05) is 13.6 Å². The van der Waals surface area contributed by atoms with Crippen molar-refractivity contribution in [3.8, 4) is 0 Å². The van der Waals surface area contributed by atoms with Gasteiger partial charge in [-0.25, -0.2) is 0 Å². The summed E-state index contributed by atoms with van der Waals surface area (Å²) < 4.78 is 0. The lowest BCUT2D eigenvalue weighted by atomic mass is 9.72. The summed E-state index contributed by atoms with van der Waals surface area (Å²) in [4.78, 5) is 2.56. The van der Waals surface area contributed by atoms with Crippen molar-refractivity contribution >= 4 is 0 Å². The summed E-state index contributed by atoms with van der Waals surface area (Å²) in [6.45, 7) is 8.34. The predicted molar refractivity (Wildman–Crippen MR) is 73.8 cm³/mol. The van der Waals surface area contributed by atoms with Crippen molar-refractivity contribution in [1.29, 1.82) is 0 Å². The van der Waals surface area contributed by atoms with Crippen LogP contribution in [0.15, 0.2) is 0 Å². The first-order chi connectivity index (χ1) is 7.99. The Kier molecular flexibility index (Phi) is 4.14. The molecule has 0 aromatic heterocycles. The highest BCUT2D eigenvalue weighted by Gasteiger charge is 2.35. The van der Waals surface area contributed by atoms with E-state index in [1.54, 1.807) is 0 Å². The van der Waals surface area contributed by atoms with Gasteiger partial charge in [-0.2, -0.15) is 0 Å². The van der Waals surface area contributed by atoms with Crippen LogP contribution in [-0.2, 0) is 0 Å². The normalized spacial score (nSPS) is 40.6. The van der Waals surface area contributed by atoms with E-state index < -0.39 is 0 Å². The van der Waals surface area contributed by atoms with E-state index in [9.17, 15) is 0 Å². The molecule has 2 fully saturated rings. The molecular formula is C15H30N2. The fraction of sp³-hybridized carbons (Fsp3) is 1.00. The van der Waals surface area contributed by atoms with Gasteiger partial charge in [0, 0.05) is 18.6 Å². The maximum atomic E-state index is 6.37. The molecule has 0 aromatic rings. The first-order valence-electron chi connectivity index (χ1n) is 7.44. The molecule has 2 heteroatoms. The van der Waals surface area contributed by atoms with Gasteiger partial charge >= 0.3 is 0 Å². The van der Waals surface area contributed by atoms with Crippen molar-refractivity contribution in [2.24, 2.45) is 29.4 Å². The Morgan fingerprint density at radius 3 is 2.41 bits per heavy atom. The first kappa shape index (κ1) is 13.4. The lowest BCUT2D eigenvalue weighted by molar-refractivity contribution is 0.108. The van der Waals surface area contributed by atoms with Gasteiger partial charge in [0.15, 0.2) is 0 Å². The molecule has 0 bridgehead atoms. The summed E-state index contributed by atoms with van der Waals surface area (Å²) in [5.41, 5.74) is 6.37. The molecule has 0 amide bonds. The number of rotatable bonds is 4. The van der Waals surface area contributed by atoms with Gasteiger partial charge in [-0.1, -0.05) is 13.8 Å². The zero-order chi connectivity index (χ0) is 12.6. The number of nitrogens with two attached hydrogens (primary N) is 1. The van der Waals surface area contributed by atoms with Gasteiger partial charge < -0.3 is 10.6 Å². The summed E-state index contributed by atoms with van der Waals surface area (Å²) in [6.07, 6.45) is 5.47. The lowest BCUT2D eigenvalue weighted by Crippen LogP contribution is -2.47. The second-order valence-corrected chi connectivity index (χ2v) is 6.90. The van der Waals surface area contributed by atoms with Crippen molar-refractivity contribution in [1.82, 2.24) is 4.90 Å². The second-order valence-electron chi connectivity index (χ2n) is 6.90. The molecule has 2 saturated carbocycles. The van der Waals surface area contributed by atoms with Gasteiger partial charge in [0.1, 0.15) is 0 Å². The maximum absolute atomic E-state index is 6.37. The highest BCUT2D eigenvalue weighted by Crippen LogP contribution is 2.37. The molecule has 0 heterocycles. The average Bonchev–Trinajstić information content (AvgIpc) is 3.05. The third-order valence-electron chi connectivity index (χ3n) is 5.23. The van der Waals surface area contributed by atoms with Crippen LogP contribution in [-0.4, -0.2) is 30.6 Å². The molecule has 17 heavy (non-hydrogen) atoms. The van der Waals surface area contributed by atoms with Gasteiger partial charge in [0.25, 0.3) is 0 Å². The minimum Gasteiger partial charge on any atom is -0.327 e. The van der Waals surface area contributed by atoms with Crippen LogP contribution in [0.2, 0.25) is 0 Å². The number of nitrogens with zero attached hydrogens (tertiary/aromatic N) is 1. The molecule has 5 unspecified atom stereocenters. The first-order valence-corrected chi connectivity index (χ1v) is 7.44. The van der Waals surface area contributed by atoms with E-state index in [2.05, 4.69) is 32.7 Å². The van der Waals surface area contributed by atoms with Crippen LogP contribution in [0.25, 0.3) is 0 Å². The molecular weight excluding hydrogens is 208 g/mol. The van der Waals surface area contributed by atoms with E-state index >= 15 is 0 Å². The molecule has 2 nitrogen and oxygen atoms in total. The second kappa shape index (κ2) is 5.27. The van der Waals surface area contributed by atoms with Gasteiger partial charge in [-0.05, 0) is 63.3 Å². The monoisotopic (exact) mass is 238 g/mol. The summed E-state index contributed by atoms with van der Waals surface area (Å²) >= 11 is 0. The molecule has 5 atom stereocenters. The molecule has 0 aromatic carbocycles. The van der Waals surface area contributed by atoms with Crippen LogP contribution in [0.1, 0.15) is 46.5 Å². The van der Waals surface area contributed by atoms with E-state index in [1.165, 1.54) is 32.2 Å². The zero-order valence-corrected chi connectivity index (χ0v) is 12.0. The largest absolute Gasteiger partial charge is 0.327 e. The molecule has 0 aliphatic heterocycles. The molecule has 0 radical (unpaired) electrons. The summed E-state index contributed by atoms with van der Waals surface area (Å²) in [7, 11) is 2.29. The Labute approximate surface area is 107 Å². The maximum Gasteiger partial charge on any atom is 0.00922 e. The fourth-order valence-corrected chi connectivity index (χ4v) is 3.72. The van der Waals surface area contributed by atoms with Crippen LogP contribution in [0.3, 0.4) is 0 Å². The third kappa shape index (κ3) is 3.23. The van der Waals surface area contributed by atoms with Crippen LogP contribution < -0.4 is 5.73 Å². The van der Waals surface area contributed by atoms with E-state index in [-0.39, 0.29) is 0 Å². The van der Waals surface area contributed by atoms with Crippen molar-refractivity contribution in [3.63, 3.8) is 0 Å². The van der Waals surface area contributed by atoms with Crippen LogP contribution in [0.4, 0.5) is 0 Å². The molecule has 0 spiro atoms. The topological polar surface area (TPSA) is 29.3 Å². The third-order valence-corrected chi connectivity index (χ3v) is 5.23. The number of hydrogen-bond acceptors (Lipinski definition) is 2. The van der Waals surface area contributed by atoms with Gasteiger partial charge in [-0.15, -0.1) is 0 Å². The molecule has 2 aliphatic rings. The van der Waals surface area contributed by atoms with Crippen LogP contribution >= 0.6 is 0 Å². The van der Waals surface area contributed by atoms with Crippen LogP contribution in [0, 0.1) is 23.7 Å². The Morgan fingerprint density at radius 1 is 1.24 bits per heavy atom. The SMILES string of the molecule is CC1CC(C)C(CN(C)C(C)C2CC2)C(N)C1. The fourth-order valence-electron chi connectivity index (χ4n) is 3.72. The highest BCUT2D eigenvalue weighted by atomic mass is 15.1. The summed E-state index contributed by atoms with van der Waals surface area (Å²) in [5, 5.41) is 0. The summed E-state index contributed by atoms with van der Waals surface area (Å²) in [5.74, 6) is 3.29. The van der Waals surface area contributed by atoms with Gasteiger partial charge in [0.05, 0.1) is 0 Å². The van der Waals surface area contributed by atoms with Crippen LogP contribution in [0.5, 0.6) is 0 Å². The minimum atomic E-state index is 0.419. The Hall–Kier alpha value is -0.0800. The summed E-state index contributed by atoms with van der Waals surface area (Å²) in [6, 6.07) is 1.18. The standard InChI is InChI=1S/C15H30N2/c1-10-7-11(2)14(15(16)8-10)9-17(4)12(3)13-5-6-13/h10-15H,5-9,16H2,1-4H3. The molecule has 0 saturated heterocycles. The van der Waals surface area contributed by atoms with E-state index in [1.807, 2.05) is 0 Å². The Balaban J connectivity index is 1.87. The zero-order valence-electron chi connectivity index (χ0n) is 12.0. The molecule has 100 valence electrons. The van der Waals surface area contributed by atoms with Gasteiger partial charge in [-0.3, -0.25) is 0 Å². The lowest BCUT2D eigenvalue weighted by Gasteiger charge is -2.41. The van der Waals surface area contributed by atoms with Crippen molar-refractivity contribution < 1.29 is 0 Å². The quantitative estimate of drug-likeness (QED) is 0.816. The Morgan fingerprint density at radius 2 is 1.88 bits per heavy atom. The van der Waals surface area contributed by atoms with Crippen molar-refractivity contribution in [2.45, 2.75) is 58.5 Å². The van der Waals surface area contributed by atoms with Crippen molar-refractivity contribution in [3.05, 3.63) is 0 Å².